The summed E-state index contributed by atoms with van der Waals surface area (Å²) in [6, 6.07) is 9.44. The summed E-state index contributed by atoms with van der Waals surface area (Å²) in [5.41, 5.74) is 1.06. The maximum Gasteiger partial charge on any atom is 0.416 e. The van der Waals surface area contributed by atoms with Crippen LogP contribution in [0.4, 0.5) is 4.79 Å². The molecule has 0 spiro atoms. The van der Waals surface area contributed by atoms with Gasteiger partial charge in [0.05, 0.1) is 18.1 Å². The van der Waals surface area contributed by atoms with Crippen LogP contribution >= 0.6 is 0 Å². The van der Waals surface area contributed by atoms with E-state index in [4.69, 9.17) is 9.47 Å². The minimum absolute atomic E-state index is 0.220. The van der Waals surface area contributed by atoms with Crippen molar-refractivity contribution < 1.29 is 19.1 Å². The maximum absolute atomic E-state index is 12.6. The molecule has 0 aliphatic carbocycles. The normalized spacial score (nSPS) is 20.4. The van der Waals surface area contributed by atoms with Crippen LogP contribution in [-0.4, -0.2) is 42.8 Å². The Balaban J connectivity index is 2.13. The molecule has 2 rings (SSSR count). The summed E-state index contributed by atoms with van der Waals surface area (Å²) < 4.78 is 10.3. The Morgan fingerprint density at radius 1 is 1.50 bits per heavy atom. The predicted octanol–water partition coefficient (Wildman–Crippen LogP) is 2.41. The van der Waals surface area contributed by atoms with Crippen LogP contribution in [0.3, 0.4) is 0 Å². The highest BCUT2D eigenvalue weighted by atomic mass is 16.6. The van der Waals surface area contributed by atoms with Crippen molar-refractivity contribution >= 4 is 12.0 Å². The fraction of sp³-hybridized carbons (Fsp3) is 0.412. The minimum Gasteiger partial charge on any atom is -0.447 e. The predicted molar refractivity (Wildman–Crippen MR) is 82.3 cm³/mol. The summed E-state index contributed by atoms with van der Waals surface area (Å²) in [5, 5.41) is 0. The van der Waals surface area contributed by atoms with Gasteiger partial charge in [-0.3, -0.25) is 4.79 Å². The van der Waals surface area contributed by atoms with Crippen LogP contribution in [0.25, 0.3) is 0 Å². The van der Waals surface area contributed by atoms with E-state index in [0.717, 1.165) is 5.56 Å². The molecule has 1 fully saturated rings. The average molecular weight is 303 g/mol. The molecule has 1 saturated heterocycles. The SMILES string of the molecule is C=C[C@H](OC)[C@@H](C)C(=O)N1C(=O)OC[C@H]1Cc1ccccc1. The summed E-state index contributed by atoms with van der Waals surface area (Å²) in [5.74, 6) is -0.790. The third-order valence-electron chi connectivity index (χ3n) is 3.90. The first-order valence-electron chi connectivity index (χ1n) is 7.27. The quantitative estimate of drug-likeness (QED) is 0.757. The summed E-state index contributed by atoms with van der Waals surface area (Å²) >= 11 is 0. The van der Waals surface area contributed by atoms with Crippen molar-refractivity contribution in [2.75, 3.05) is 13.7 Å². The van der Waals surface area contributed by atoms with Gasteiger partial charge in [-0.25, -0.2) is 9.69 Å². The highest BCUT2D eigenvalue weighted by molar-refractivity contribution is 5.95. The second-order valence-corrected chi connectivity index (χ2v) is 5.35. The highest BCUT2D eigenvalue weighted by Gasteiger charge is 2.41. The van der Waals surface area contributed by atoms with Gasteiger partial charge in [-0.05, 0) is 12.0 Å². The zero-order valence-electron chi connectivity index (χ0n) is 12.9. The molecule has 0 radical (unpaired) electrons. The Bertz CT molecular complexity index is 543. The molecule has 5 nitrogen and oxygen atoms in total. The Morgan fingerprint density at radius 3 is 2.77 bits per heavy atom. The zero-order chi connectivity index (χ0) is 16.1. The van der Waals surface area contributed by atoms with Crippen molar-refractivity contribution in [3.8, 4) is 0 Å². The van der Waals surface area contributed by atoms with Crippen molar-refractivity contribution in [2.24, 2.45) is 5.92 Å². The number of rotatable bonds is 6. The topological polar surface area (TPSA) is 55.8 Å². The highest BCUT2D eigenvalue weighted by Crippen LogP contribution is 2.22. The molecule has 1 aromatic rings. The van der Waals surface area contributed by atoms with Gasteiger partial charge in [-0.2, -0.15) is 0 Å². The van der Waals surface area contributed by atoms with Crippen LogP contribution < -0.4 is 0 Å². The fourth-order valence-corrected chi connectivity index (χ4v) is 2.63. The van der Waals surface area contributed by atoms with Gasteiger partial charge in [-0.1, -0.05) is 43.3 Å². The van der Waals surface area contributed by atoms with E-state index in [-0.39, 0.29) is 18.6 Å². The van der Waals surface area contributed by atoms with Crippen LogP contribution in [0.1, 0.15) is 12.5 Å². The van der Waals surface area contributed by atoms with Crippen LogP contribution in [0.2, 0.25) is 0 Å². The van der Waals surface area contributed by atoms with Crippen LogP contribution in [-0.2, 0) is 20.7 Å². The molecule has 5 heteroatoms. The van der Waals surface area contributed by atoms with E-state index in [9.17, 15) is 9.59 Å². The molecule has 0 aromatic heterocycles. The summed E-state index contributed by atoms with van der Waals surface area (Å²) in [6.45, 7) is 5.60. The van der Waals surface area contributed by atoms with E-state index in [1.165, 1.54) is 12.0 Å². The van der Waals surface area contributed by atoms with Crippen LogP contribution in [0.15, 0.2) is 43.0 Å². The molecular weight excluding hydrogens is 282 g/mol. The number of ether oxygens (including phenoxy) is 2. The minimum atomic E-state index is -0.586. The van der Waals surface area contributed by atoms with Gasteiger partial charge in [0.25, 0.3) is 0 Å². The number of benzene rings is 1. The fourth-order valence-electron chi connectivity index (χ4n) is 2.63. The number of cyclic esters (lactones) is 1. The lowest BCUT2D eigenvalue weighted by Gasteiger charge is -2.25. The van der Waals surface area contributed by atoms with Crippen molar-refractivity contribution in [3.63, 3.8) is 0 Å². The summed E-state index contributed by atoms with van der Waals surface area (Å²) in [7, 11) is 1.51. The first kappa shape index (κ1) is 16.2. The Hall–Kier alpha value is -2.14. The summed E-state index contributed by atoms with van der Waals surface area (Å²) in [4.78, 5) is 25.8. The molecule has 0 N–H and O–H groups in total. The molecule has 1 heterocycles. The molecule has 22 heavy (non-hydrogen) atoms. The van der Waals surface area contributed by atoms with Crippen molar-refractivity contribution in [2.45, 2.75) is 25.5 Å². The monoisotopic (exact) mass is 303 g/mol. The van der Waals surface area contributed by atoms with Gasteiger partial charge in [0, 0.05) is 7.11 Å². The average Bonchev–Trinajstić information content (AvgIpc) is 2.89. The van der Waals surface area contributed by atoms with Gasteiger partial charge < -0.3 is 9.47 Å². The van der Waals surface area contributed by atoms with Gasteiger partial charge in [-0.15, -0.1) is 6.58 Å². The number of carbonyl (C=O) groups excluding carboxylic acids is 2. The molecule has 2 amide bonds. The van der Waals surface area contributed by atoms with E-state index in [2.05, 4.69) is 6.58 Å². The lowest BCUT2D eigenvalue weighted by atomic mass is 10.0. The van der Waals surface area contributed by atoms with Crippen LogP contribution in [0, 0.1) is 5.92 Å². The second kappa shape index (κ2) is 7.22. The summed E-state index contributed by atoms with van der Waals surface area (Å²) in [6.07, 6.45) is 1.13. The van der Waals surface area contributed by atoms with E-state index in [0.29, 0.717) is 6.42 Å². The van der Waals surface area contributed by atoms with E-state index >= 15 is 0 Å². The number of nitrogens with zero attached hydrogens (tertiary/aromatic N) is 1. The molecule has 3 atom stereocenters. The maximum atomic E-state index is 12.6. The third kappa shape index (κ3) is 3.36. The molecule has 0 unspecified atom stereocenters. The van der Waals surface area contributed by atoms with E-state index in [1.54, 1.807) is 13.0 Å². The largest absolute Gasteiger partial charge is 0.447 e. The smallest absolute Gasteiger partial charge is 0.416 e. The molecule has 1 aliphatic rings. The molecule has 0 bridgehead atoms. The van der Waals surface area contributed by atoms with Gasteiger partial charge in [0.1, 0.15) is 6.61 Å². The van der Waals surface area contributed by atoms with E-state index in [1.807, 2.05) is 30.3 Å². The zero-order valence-corrected chi connectivity index (χ0v) is 12.9. The molecule has 118 valence electrons. The van der Waals surface area contributed by atoms with Crippen molar-refractivity contribution in [1.29, 1.82) is 0 Å². The Kier molecular flexibility index (Phi) is 5.33. The number of carbonyl (C=O) groups is 2. The lowest BCUT2D eigenvalue weighted by molar-refractivity contribution is -0.136. The number of imide groups is 1. The van der Waals surface area contributed by atoms with E-state index < -0.39 is 18.1 Å². The first-order valence-corrected chi connectivity index (χ1v) is 7.27. The van der Waals surface area contributed by atoms with Crippen molar-refractivity contribution in [3.05, 3.63) is 48.6 Å². The Labute approximate surface area is 130 Å². The number of amides is 2. The number of hydrogen-bond acceptors (Lipinski definition) is 4. The van der Waals surface area contributed by atoms with Crippen LogP contribution in [0.5, 0.6) is 0 Å². The third-order valence-corrected chi connectivity index (χ3v) is 3.90. The van der Waals surface area contributed by atoms with Gasteiger partial charge in [0.2, 0.25) is 5.91 Å². The standard InChI is InChI=1S/C17H21NO4/c1-4-15(21-3)12(2)16(19)18-14(11-22-17(18)20)10-13-8-6-5-7-9-13/h4-9,12,14-15H,1,10-11H2,2-3H3/t12-,14-,15+/m1/s1. The molecule has 0 saturated carbocycles. The van der Waals surface area contributed by atoms with Gasteiger partial charge in [0.15, 0.2) is 0 Å². The number of methoxy groups -OCH3 is 1. The second-order valence-electron chi connectivity index (χ2n) is 5.35. The van der Waals surface area contributed by atoms with Crippen molar-refractivity contribution in [1.82, 2.24) is 4.90 Å². The molecule has 1 aliphatic heterocycles. The number of hydrogen-bond donors (Lipinski definition) is 0. The lowest BCUT2D eigenvalue weighted by Crippen LogP contribution is -2.45. The molecule has 1 aromatic carbocycles. The van der Waals surface area contributed by atoms with Gasteiger partial charge >= 0.3 is 6.09 Å². The first-order chi connectivity index (χ1) is 10.6. The molecular formula is C17H21NO4. The Morgan fingerprint density at radius 2 is 2.18 bits per heavy atom.